The molecule has 28 heavy (non-hydrogen) atoms. The topological polar surface area (TPSA) is 80.2 Å². The van der Waals surface area contributed by atoms with E-state index < -0.39 is 0 Å². The van der Waals surface area contributed by atoms with Gasteiger partial charge in [-0.15, -0.1) is 0 Å². The molecule has 0 fully saturated rings. The lowest BCUT2D eigenvalue weighted by Crippen LogP contribution is -2.25. The average Bonchev–Trinajstić information content (AvgIpc) is 2.73. The zero-order valence-corrected chi connectivity index (χ0v) is 16.2. The van der Waals surface area contributed by atoms with Crippen LogP contribution in [0.3, 0.4) is 0 Å². The molecule has 0 aliphatic rings. The predicted molar refractivity (Wildman–Crippen MR) is 108 cm³/mol. The van der Waals surface area contributed by atoms with Crippen LogP contribution in [-0.2, 0) is 17.8 Å². The molecule has 144 valence electrons. The van der Waals surface area contributed by atoms with Gasteiger partial charge in [0.25, 0.3) is 0 Å². The van der Waals surface area contributed by atoms with E-state index in [1.54, 1.807) is 19.5 Å². The van der Waals surface area contributed by atoms with Crippen LogP contribution in [0.5, 0.6) is 5.75 Å². The zero-order chi connectivity index (χ0) is 19.9. The lowest BCUT2D eigenvalue weighted by molar-refractivity contribution is -0.120. The van der Waals surface area contributed by atoms with Gasteiger partial charge < -0.3 is 15.0 Å². The first-order chi connectivity index (χ1) is 13.6. The van der Waals surface area contributed by atoms with Crippen molar-refractivity contribution in [2.45, 2.75) is 13.0 Å². The van der Waals surface area contributed by atoms with Gasteiger partial charge in [-0.25, -0.2) is 9.97 Å². The van der Waals surface area contributed by atoms with E-state index in [-0.39, 0.29) is 12.3 Å². The van der Waals surface area contributed by atoms with Crippen LogP contribution in [0.15, 0.2) is 54.9 Å². The second-order valence-electron chi connectivity index (χ2n) is 6.44. The smallest absolute Gasteiger partial charge is 0.224 e. The molecule has 0 aliphatic heterocycles. The maximum atomic E-state index is 12.4. The highest BCUT2D eigenvalue weighted by Crippen LogP contribution is 2.19. The van der Waals surface area contributed by atoms with Crippen molar-refractivity contribution in [2.75, 3.05) is 26.1 Å². The van der Waals surface area contributed by atoms with Gasteiger partial charge in [0.2, 0.25) is 5.91 Å². The van der Waals surface area contributed by atoms with Crippen LogP contribution >= 0.6 is 0 Å². The second-order valence-corrected chi connectivity index (χ2v) is 6.44. The molecular weight excluding hydrogens is 354 g/mol. The Kier molecular flexibility index (Phi) is 6.16. The molecule has 3 rings (SSSR count). The van der Waals surface area contributed by atoms with Gasteiger partial charge >= 0.3 is 0 Å². The third-order valence-electron chi connectivity index (χ3n) is 4.15. The highest BCUT2D eigenvalue weighted by Gasteiger charge is 2.11. The number of anilines is 1. The summed E-state index contributed by atoms with van der Waals surface area (Å²) in [5.74, 6) is 1.95. The number of ether oxygens (including phenoxy) is 1. The standard InChI is InChI=1S/C21H23N5O2/c1-26(2)19-12-17(24-21(25-19)16-8-6-10-22-13-16)14-23-20(27)11-15-7-4-5-9-18(15)28-3/h4-10,12-13H,11,14H2,1-3H3,(H,23,27). The summed E-state index contributed by atoms with van der Waals surface area (Å²) in [5.41, 5.74) is 2.40. The van der Waals surface area contributed by atoms with Crippen molar-refractivity contribution >= 4 is 11.7 Å². The number of rotatable bonds is 7. The molecule has 2 heterocycles. The summed E-state index contributed by atoms with van der Waals surface area (Å²) in [5, 5.41) is 2.92. The van der Waals surface area contributed by atoms with Crippen molar-refractivity contribution < 1.29 is 9.53 Å². The molecule has 2 aromatic heterocycles. The van der Waals surface area contributed by atoms with E-state index in [1.807, 2.05) is 61.5 Å². The Bertz CT molecular complexity index is 945. The molecule has 7 heteroatoms. The summed E-state index contributed by atoms with van der Waals surface area (Å²) in [7, 11) is 5.43. The van der Waals surface area contributed by atoms with E-state index in [9.17, 15) is 4.79 Å². The fourth-order valence-corrected chi connectivity index (χ4v) is 2.70. The number of pyridine rings is 1. The van der Waals surface area contributed by atoms with Crippen LogP contribution in [-0.4, -0.2) is 42.1 Å². The molecule has 0 saturated carbocycles. The first-order valence-corrected chi connectivity index (χ1v) is 8.91. The molecule has 0 bridgehead atoms. The normalized spacial score (nSPS) is 10.4. The van der Waals surface area contributed by atoms with E-state index in [4.69, 9.17) is 4.74 Å². The number of amides is 1. The van der Waals surface area contributed by atoms with E-state index >= 15 is 0 Å². The number of carbonyl (C=O) groups excluding carboxylic acids is 1. The van der Waals surface area contributed by atoms with Crippen molar-refractivity contribution in [3.8, 4) is 17.1 Å². The van der Waals surface area contributed by atoms with Crippen molar-refractivity contribution in [3.05, 3.63) is 66.1 Å². The van der Waals surface area contributed by atoms with Gasteiger partial charge in [0.1, 0.15) is 11.6 Å². The van der Waals surface area contributed by atoms with Crippen LogP contribution in [0, 0.1) is 0 Å². The number of para-hydroxylation sites is 1. The Morgan fingerprint density at radius 1 is 1.14 bits per heavy atom. The summed E-state index contributed by atoms with van der Waals surface area (Å²) in [6.45, 7) is 0.310. The van der Waals surface area contributed by atoms with Crippen molar-refractivity contribution in [1.29, 1.82) is 0 Å². The van der Waals surface area contributed by atoms with E-state index in [0.29, 0.717) is 18.1 Å². The minimum Gasteiger partial charge on any atom is -0.496 e. The lowest BCUT2D eigenvalue weighted by atomic mass is 10.1. The van der Waals surface area contributed by atoms with Crippen LogP contribution in [0.2, 0.25) is 0 Å². The molecule has 0 aliphatic carbocycles. The van der Waals surface area contributed by atoms with Gasteiger partial charge in [-0.2, -0.15) is 0 Å². The van der Waals surface area contributed by atoms with Crippen molar-refractivity contribution in [2.24, 2.45) is 0 Å². The maximum Gasteiger partial charge on any atom is 0.224 e. The second kappa shape index (κ2) is 8.94. The Hall–Kier alpha value is -3.48. The largest absolute Gasteiger partial charge is 0.496 e. The highest BCUT2D eigenvalue weighted by atomic mass is 16.5. The minimum absolute atomic E-state index is 0.0996. The van der Waals surface area contributed by atoms with Gasteiger partial charge in [0.05, 0.1) is 25.8 Å². The SMILES string of the molecule is COc1ccccc1CC(=O)NCc1cc(N(C)C)nc(-c2cccnc2)n1. The Labute approximate surface area is 164 Å². The number of hydrogen-bond donors (Lipinski definition) is 1. The number of aromatic nitrogens is 3. The first-order valence-electron chi connectivity index (χ1n) is 8.91. The fourth-order valence-electron chi connectivity index (χ4n) is 2.70. The average molecular weight is 377 g/mol. The number of methoxy groups -OCH3 is 1. The Balaban J connectivity index is 1.74. The maximum absolute atomic E-state index is 12.4. The molecule has 0 radical (unpaired) electrons. The van der Waals surface area contributed by atoms with Gasteiger partial charge in [-0.05, 0) is 18.2 Å². The number of nitrogens with zero attached hydrogens (tertiary/aromatic N) is 4. The molecular formula is C21H23N5O2. The summed E-state index contributed by atoms with van der Waals surface area (Å²) in [4.78, 5) is 27.6. The number of nitrogens with one attached hydrogen (secondary N) is 1. The Morgan fingerprint density at radius 3 is 2.68 bits per heavy atom. The molecule has 0 atom stereocenters. The van der Waals surface area contributed by atoms with E-state index in [1.165, 1.54) is 0 Å². The van der Waals surface area contributed by atoms with Gasteiger partial charge in [-0.1, -0.05) is 18.2 Å². The summed E-state index contributed by atoms with van der Waals surface area (Å²) in [6, 6.07) is 13.1. The van der Waals surface area contributed by atoms with E-state index in [2.05, 4.69) is 20.3 Å². The number of hydrogen-bond acceptors (Lipinski definition) is 6. The summed E-state index contributed by atoms with van der Waals surface area (Å²) >= 11 is 0. The number of benzene rings is 1. The Morgan fingerprint density at radius 2 is 1.96 bits per heavy atom. The van der Waals surface area contributed by atoms with E-state index in [0.717, 1.165) is 22.6 Å². The van der Waals surface area contributed by atoms with Crippen LogP contribution in [0.4, 0.5) is 5.82 Å². The molecule has 3 aromatic rings. The van der Waals surface area contributed by atoms with Crippen LogP contribution < -0.4 is 15.0 Å². The number of carbonyl (C=O) groups is 1. The zero-order valence-electron chi connectivity index (χ0n) is 16.2. The lowest BCUT2D eigenvalue weighted by Gasteiger charge is -2.15. The van der Waals surface area contributed by atoms with Crippen molar-refractivity contribution in [3.63, 3.8) is 0 Å². The quantitative estimate of drug-likeness (QED) is 0.681. The highest BCUT2D eigenvalue weighted by molar-refractivity contribution is 5.79. The fraction of sp³-hybridized carbons (Fsp3) is 0.238. The predicted octanol–water partition coefficient (Wildman–Crippen LogP) is 2.47. The van der Waals surface area contributed by atoms with Crippen molar-refractivity contribution in [1.82, 2.24) is 20.3 Å². The van der Waals surface area contributed by atoms with Crippen LogP contribution in [0.1, 0.15) is 11.3 Å². The molecule has 0 saturated heterocycles. The summed E-state index contributed by atoms with van der Waals surface area (Å²) in [6.07, 6.45) is 3.67. The monoisotopic (exact) mass is 377 g/mol. The molecule has 7 nitrogen and oxygen atoms in total. The molecule has 1 N–H and O–H groups in total. The molecule has 0 spiro atoms. The first kappa shape index (κ1) is 19.3. The van der Waals surface area contributed by atoms with Gasteiger partial charge in [0, 0.05) is 43.7 Å². The molecule has 0 unspecified atom stereocenters. The van der Waals surface area contributed by atoms with Gasteiger partial charge in [-0.3, -0.25) is 9.78 Å². The minimum atomic E-state index is -0.0996. The molecule has 1 aromatic carbocycles. The third-order valence-corrected chi connectivity index (χ3v) is 4.15. The van der Waals surface area contributed by atoms with Gasteiger partial charge in [0.15, 0.2) is 5.82 Å². The third kappa shape index (κ3) is 4.82. The summed E-state index contributed by atoms with van der Waals surface area (Å²) < 4.78 is 5.30. The van der Waals surface area contributed by atoms with Crippen LogP contribution in [0.25, 0.3) is 11.4 Å². The molecule has 1 amide bonds.